The number of anilines is 2. The smallest absolute Gasteiger partial charge is 0.318 e. The molecule has 4 aliphatic rings. The predicted octanol–water partition coefficient (Wildman–Crippen LogP) is 3.88. The number of likely N-dealkylation sites (tertiary alicyclic amines) is 1. The largest absolute Gasteiger partial charge is 0.461 e. The van der Waals surface area contributed by atoms with E-state index in [1.807, 2.05) is 36.7 Å². The molecule has 11 nitrogen and oxygen atoms in total. The molecule has 2 aromatic heterocycles. The molecule has 3 fully saturated rings. The highest BCUT2D eigenvalue weighted by atomic mass is 35.5. The number of carbonyl (C=O) groups excluding carboxylic acids is 1. The van der Waals surface area contributed by atoms with E-state index in [4.69, 9.17) is 31.0 Å². The lowest BCUT2D eigenvalue weighted by Gasteiger charge is -2.48. The van der Waals surface area contributed by atoms with Crippen molar-refractivity contribution in [2.24, 2.45) is 0 Å². The van der Waals surface area contributed by atoms with E-state index in [0.29, 0.717) is 63.0 Å². The maximum absolute atomic E-state index is 13.5. The van der Waals surface area contributed by atoms with Crippen molar-refractivity contribution in [2.75, 3.05) is 68.8 Å². The lowest BCUT2D eigenvalue weighted by Crippen LogP contribution is -2.64. The summed E-state index contributed by atoms with van der Waals surface area (Å²) in [5, 5.41) is 11.6. The highest BCUT2D eigenvalue weighted by Crippen LogP contribution is 2.37. The van der Waals surface area contributed by atoms with Crippen LogP contribution in [0.3, 0.4) is 0 Å². The second-order valence-electron chi connectivity index (χ2n) is 13.0. The minimum absolute atomic E-state index is 0.0958. The average Bonchev–Trinajstić information content (AvgIpc) is 3.77. The van der Waals surface area contributed by atoms with Gasteiger partial charge in [-0.3, -0.25) is 14.7 Å². The number of carbonyl (C=O) groups is 1. The van der Waals surface area contributed by atoms with Gasteiger partial charge in [-0.15, -0.1) is 0 Å². The molecule has 13 heteroatoms. The van der Waals surface area contributed by atoms with Gasteiger partial charge in [0, 0.05) is 61.3 Å². The van der Waals surface area contributed by atoms with E-state index < -0.39 is 5.16 Å². The first-order chi connectivity index (χ1) is 23.4. The highest BCUT2D eigenvalue weighted by Gasteiger charge is 2.41. The molecule has 0 unspecified atom stereocenters. The molecule has 1 aromatic carbocycles. The molecule has 0 bridgehead atoms. The lowest BCUT2D eigenvalue weighted by atomic mass is 10.0. The number of piperazine rings is 1. The first-order valence-electron chi connectivity index (χ1n) is 16.9. The Balaban J connectivity index is 1.15. The van der Waals surface area contributed by atoms with Crippen LogP contribution >= 0.6 is 11.6 Å². The Morgan fingerprint density at radius 1 is 1.10 bits per heavy atom. The summed E-state index contributed by atoms with van der Waals surface area (Å²) in [6.45, 7) is 6.38. The topological polar surface area (TPSA) is 111 Å². The van der Waals surface area contributed by atoms with Crippen LogP contribution in [0.5, 0.6) is 6.01 Å². The summed E-state index contributed by atoms with van der Waals surface area (Å²) in [5.41, 5.74) is 2.88. The normalized spacial score (nSPS) is 21.6. The Kier molecular flexibility index (Phi) is 9.82. The molecule has 3 aromatic rings. The second kappa shape index (κ2) is 14.4. The van der Waals surface area contributed by atoms with Crippen molar-refractivity contribution >= 4 is 50.0 Å². The molecule has 5 heterocycles. The van der Waals surface area contributed by atoms with E-state index >= 15 is 0 Å². The number of rotatable bonds is 11. The molecule has 1 saturated carbocycles. The van der Waals surface area contributed by atoms with Gasteiger partial charge in [0.2, 0.25) is 5.91 Å². The van der Waals surface area contributed by atoms with Gasteiger partial charge in [0.05, 0.1) is 69.8 Å². The molecule has 3 aliphatic heterocycles. The van der Waals surface area contributed by atoms with Crippen molar-refractivity contribution in [3.8, 4) is 12.1 Å². The Bertz CT molecular complexity index is 1720. The SMILES string of the molecule is N#CC[C@]1([Si])CN(c2nc(OCCOC3CC3)nc3c2CCN(c2cncc4cccc(Cl)c24)C3)CCN1C(=O)/C=C/CN1CCCC1. The van der Waals surface area contributed by atoms with Gasteiger partial charge in [-0.05, 0) is 51.3 Å². The van der Waals surface area contributed by atoms with E-state index in [-0.39, 0.29) is 12.3 Å². The number of ether oxygens (including phenoxy) is 2. The summed E-state index contributed by atoms with van der Waals surface area (Å²) in [7, 11) is 3.92. The Labute approximate surface area is 289 Å². The van der Waals surface area contributed by atoms with E-state index in [2.05, 4.69) is 36.0 Å². The molecule has 1 amide bonds. The van der Waals surface area contributed by atoms with Gasteiger partial charge in [0.15, 0.2) is 0 Å². The molecule has 48 heavy (non-hydrogen) atoms. The predicted molar refractivity (Wildman–Crippen MR) is 185 cm³/mol. The molecule has 0 spiro atoms. The van der Waals surface area contributed by atoms with Gasteiger partial charge in [-0.2, -0.15) is 15.2 Å². The summed E-state index contributed by atoms with van der Waals surface area (Å²) >= 11 is 6.69. The number of pyridine rings is 1. The Morgan fingerprint density at radius 2 is 1.96 bits per heavy atom. The van der Waals surface area contributed by atoms with Crippen LogP contribution in [0.1, 0.15) is 43.4 Å². The van der Waals surface area contributed by atoms with E-state index in [0.717, 1.165) is 72.6 Å². The highest BCUT2D eigenvalue weighted by molar-refractivity contribution is 6.36. The van der Waals surface area contributed by atoms with Gasteiger partial charge < -0.3 is 24.2 Å². The third-order valence-corrected chi connectivity index (χ3v) is 10.5. The summed E-state index contributed by atoms with van der Waals surface area (Å²) in [6.07, 6.45) is 13.1. The minimum Gasteiger partial charge on any atom is -0.461 e. The second-order valence-corrected chi connectivity index (χ2v) is 14.4. The van der Waals surface area contributed by atoms with Crippen molar-refractivity contribution in [2.45, 2.75) is 56.3 Å². The van der Waals surface area contributed by atoms with Crippen molar-refractivity contribution in [1.82, 2.24) is 24.8 Å². The number of fused-ring (bicyclic) bond motifs is 2. The monoisotopic (exact) mass is 683 g/mol. The number of nitriles is 1. The van der Waals surface area contributed by atoms with Crippen LogP contribution < -0.4 is 14.5 Å². The van der Waals surface area contributed by atoms with Crippen LogP contribution in [0.4, 0.5) is 11.5 Å². The van der Waals surface area contributed by atoms with Crippen molar-refractivity contribution in [3.05, 3.63) is 59.0 Å². The van der Waals surface area contributed by atoms with Gasteiger partial charge >= 0.3 is 6.01 Å². The molecule has 2 saturated heterocycles. The van der Waals surface area contributed by atoms with E-state index in [1.165, 1.54) is 12.8 Å². The standard InChI is InChI=1S/C35H40ClN8O3Si/c36-28-6-3-5-25-21-38-22-30(32(25)28)42-16-10-27-29(23-42)39-34(47-20-19-46-26-8-9-26)40-33(27)43-17-18-44(35(48,24-43)11-12-37)31(45)7-4-15-41-13-1-2-14-41/h3-7,21-22,26H,1-2,8-11,13-20,23-24H2/b7-4+/t35-/m0/s1. The quantitative estimate of drug-likeness (QED) is 0.168. The number of amides is 1. The third-order valence-electron chi connectivity index (χ3n) is 9.59. The van der Waals surface area contributed by atoms with E-state index in [1.54, 1.807) is 11.0 Å². The fraction of sp³-hybridized carbons (Fsp3) is 0.514. The zero-order valence-corrected chi connectivity index (χ0v) is 28.9. The fourth-order valence-corrected chi connectivity index (χ4v) is 7.74. The van der Waals surface area contributed by atoms with Gasteiger partial charge in [-0.1, -0.05) is 29.8 Å². The van der Waals surface area contributed by atoms with Crippen LogP contribution in [0.25, 0.3) is 10.8 Å². The Morgan fingerprint density at radius 3 is 2.77 bits per heavy atom. The minimum atomic E-state index is -0.884. The van der Waals surface area contributed by atoms with Crippen molar-refractivity contribution < 1.29 is 14.3 Å². The molecule has 1 aliphatic carbocycles. The number of aromatic nitrogens is 3. The molecule has 249 valence electrons. The Hall–Kier alpha value is -3.76. The average molecular weight is 684 g/mol. The first kappa shape index (κ1) is 32.8. The fourth-order valence-electron chi connectivity index (χ4n) is 6.97. The summed E-state index contributed by atoms with van der Waals surface area (Å²) in [5.74, 6) is 0.686. The van der Waals surface area contributed by atoms with Gasteiger partial charge in [-0.25, -0.2) is 0 Å². The number of nitrogens with zero attached hydrogens (tertiary/aromatic N) is 8. The van der Waals surface area contributed by atoms with E-state index in [9.17, 15) is 10.1 Å². The van der Waals surface area contributed by atoms with Crippen LogP contribution in [-0.2, 0) is 22.5 Å². The van der Waals surface area contributed by atoms with Gasteiger partial charge in [0.1, 0.15) is 12.4 Å². The zero-order chi connectivity index (χ0) is 33.1. The molecule has 7 rings (SSSR count). The molecule has 1 atom stereocenters. The third kappa shape index (κ3) is 7.15. The number of hydrogen-bond donors (Lipinski definition) is 0. The zero-order valence-electron chi connectivity index (χ0n) is 27.1. The summed E-state index contributed by atoms with van der Waals surface area (Å²) < 4.78 is 11.9. The first-order valence-corrected chi connectivity index (χ1v) is 17.8. The maximum atomic E-state index is 13.5. The van der Waals surface area contributed by atoms with Crippen molar-refractivity contribution in [3.63, 3.8) is 0 Å². The van der Waals surface area contributed by atoms with Crippen LogP contribution in [0.15, 0.2) is 42.7 Å². The van der Waals surface area contributed by atoms with Crippen molar-refractivity contribution in [1.29, 1.82) is 5.26 Å². The molecular weight excluding hydrogens is 644 g/mol. The lowest BCUT2D eigenvalue weighted by molar-refractivity contribution is -0.129. The number of halogens is 1. The summed E-state index contributed by atoms with van der Waals surface area (Å²) in [4.78, 5) is 36.4. The molecule has 3 radical (unpaired) electrons. The number of benzene rings is 1. The summed E-state index contributed by atoms with van der Waals surface area (Å²) in [6, 6.07) is 8.46. The van der Waals surface area contributed by atoms with Gasteiger partial charge in [0.25, 0.3) is 0 Å². The van der Waals surface area contributed by atoms with Crippen LogP contribution in [-0.4, -0.2) is 111 Å². The van der Waals surface area contributed by atoms with Crippen LogP contribution in [0.2, 0.25) is 5.02 Å². The maximum Gasteiger partial charge on any atom is 0.318 e. The molecular formula is C35H40ClN8O3Si. The number of hydrogen-bond acceptors (Lipinski definition) is 10. The molecule has 0 N–H and O–H groups in total. The van der Waals surface area contributed by atoms with Crippen LogP contribution in [0, 0.1) is 11.3 Å².